The van der Waals surface area contributed by atoms with Gasteiger partial charge in [-0.1, -0.05) is 13.0 Å². The first-order valence-corrected chi connectivity index (χ1v) is 15.8. The lowest BCUT2D eigenvalue weighted by Crippen LogP contribution is -2.48. The van der Waals surface area contributed by atoms with E-state index < -0.39 is 28.2 Å². The number of benzene rings is 2. The van der Waals surface area contributed by atoms with Gasteiger partial charge in [0.2, 0.25) is 5.91 Å². The molecule has 1 aromatic heterocycles. The van der Waals surface area contributed by atoms with Crippen LogP contribution < -0.4 is 20.1 Å². The van der Waals surface area contributed by atoms with Gasteiger partial charge in [-0.05, 0) is 60.8 Å². The summed E-state index contributed by atoms with van der Waals surface area (Å²) in [6.07, 6.45) is -0.641. The lowest BCUT2D eigenvalue weighted by molar-refractivity contribution is -0.134. The van der Waals surface area contributed by atoms with Gasteiger partial charge in [-0.2, -0.15) is 4.31 Å². The molecule has 3 aromatic rings. The molecular formula is C29H36N4O7S2. The van der Waals surface area contributed by atoms with Crippen molar-refractivity contribution >= 4 is 44.7 Å². The molecule has 4 rings (SSSR count). The Hall–Kier alpha value is -3.65. The van der Waals surface area contributed by atoms with E-state index in [4.69, 9.17) is 9.47 Å². The summed E-state index contributed by atoms with van der Waals surface area (Å²) in [6.45, 7) is 3.73. The second-order valence-electron chi connectivity index (χ2n) is 10.2. The number of nitrogens with one attached hydrogen (secondary N) is 2. The van der Waals surface area contributed by atoms with Crippen molar-refractivity contribution in [1.29, 1.82) is 0 Å². The number of likely N-dealkylation sites (N-methyl/N-ethyl adjacent to an activating group) is 1. The molecule has 1 aliphatic heterocycles. The van der Waals surface area contributed by atoms with Gasteiger partial charge in [0, 0.05) is 36.4 Å². The quantitative estimate of drug-likeness (QED) is 0.332. The lowest BCUT2D eigenvalue weighted by Gasteiger charge is -2.33. The molecule has 13 heteroatoms. The van der Waals surface area contributed by atoms with E-state index in [1.807, 2.05) is 6.92 Å². The van der Waals surface area contributed by atoms with Crippen molar-refractivity contribution in [1.82, 2.24) is 9.21 Å². The smallest absolute Gasteiger partial charge is 0.323 e. The highest BCUT2D eigenvalue weighted by Crippen LogP contribution is 2.30. The van der Waals surface area contributed by atoms with E-state index in [2.05, 4.69) is 10.6 Å². The molecular weight excluding hydrogens is 580 g/mol. The third-order valence-electron chi connectivity index (χ3n) is 7.12. The maximum Gasteiger partial charge on any atom is 0.323 e. The fourth-order valence-electron chi connectivity index (χ4n) is 4.61. The van der Waals surface area contributed by atoms with E-state index in [9.17, 15) is 23.1 Å². The van der Waals surface area contributed by atoms with Crippen LogP contribution in [0.2, 0.25) is 0 Å². The molecule has 0 saturated heterocycles. The molecule has 2 heterocycles. The van der Waals surface area contributed by atoms with Crippen molar-refractivity contribution in [3.05, 3.63) is 65.5 Å². The van der Waals surface area contributed by atoms with Gasteiger partial charge in [-0.25, -0.2) is 13.2 Å². The zero-order valence-electron chi connectivity index (χ0n) is 23.9. The van der Waals surface area contributed by atoms with Crippen LogP contribution in [0, 0.1) is 5.92 Å². The summed E-state index contributed by atoms with van der Waals surface area (Å²) < 4.78 is 39.4. The SMILES string of the molecule is COc1ccc(NC(=O)Nc2ccc3c(c2)CC(=O)N([C@H](C)CO)C[C@H](C)[C@@H](CN(C)S(=O)(=O)c2cccs2)O3)cc1. The number of sulfonamides is 1. The first-order chi connectivity index (χ1) is 20.0. The fourth-order valence-corrected chi connectivity index (χ4v) is 6.99. The maximum atomic E-state index is 13.4. The van der Waals surface area contributed by atoms with Crippen molar-refractivity contribution in [2.75, 3.05) is 44.5 Å². The van der Waals surface area contributed by atoms with Crippen molar-refractivity contribution < 1.29 is 32.6 Å². The molecule has 11 nitrogen and oxygen atoms in total. The van der Waals surface area contributed by atoms with E-state index >= 15 is 0 Å². The van der Waals surface area contributed by atoms with Gasteiger partial charge in [0.15, 0.2) is 0 Å². The van der Waals surface area contributed by atoms with Crippen molar-refractivity contribution in [2.45, 2.75) is 36.6 Å². The molecule has 0 saturated carbocycles. The molecule has 3 amide bonds. The monoisotopic (exact) mass is 616 g/mol. The number of ether oxygens (including phenoxy) is 2. The number of thiophene rings is 1. The Kier molecular flexibility index (Phi) is 10.1. The Morgan fingerprint density at radius 3 is 2.52 bits per heavy atom. The molecule has 0 aliphatic carbocycles. The number of aliphatic hydroxyl groups is 1. The van der Waals surface area contributed by atoms with Gasteiger partial charge in [0.1, 0.15) is 21.8 Å². The first kappa shape index (κ1) is 31.3. The molecule has 2 aromatic carbocycles. The summed E-state index contributed by atoms with van der Waals surface area (Å²) in [5.41, 5.74) is 1.54. The van der Waals surface area contributed by atoms with Crippen molar-refractivity contribution in [3.8, 4) is 11.5 Å². The molecule has 1 aliphatic rings. The number of carbonyl (C=O) groups is 2. The maximum absolute atomic E-state index is 13.4. The largest absolute Gasteiger partial charge is 0.497 e. The summed E-state index contributed by atoms with van der Waals surface area (Å²) in [5.74, 6) is 0.591. The summed E-state index contributed by atoms with van der Waals surface area (Å²) in [4.78, 5) is 27.7. The molecule has 0 spiro atoms. The number of urea groups is 1. The summed E-state index contributed by atoms with van der Waals surface area (Å²) >= 11 is 1.14. The number of fused-ring (bicyclic) bond motifs is 1. The Morgan fingerprint density at radius 2 is 1.88 bits per heavy atom. The van der Waals surface area contributed by atoms with Crippen LogP contribution in [-0.4, -0.2) is 80.7 Å². The number of anilines is 2. The third-order valence-corrected chi connectivity index (χ3v) is 10.3. The highest BCUT2D eigenvalue weighted by molar-refractivity contribution is 7.91. The summed E-state index contributed by atoms with van der Waals surface area (Å²) in [5, 5.41) is 17.1. The molecule has 0 fully saturated rings. The minimum Gasteiger partial charge on any atom is -0.497 e. The number of carbonyl (C=O) groups excluding carboxylic acids is 2. The predicted octanol–water partition coefficient (Wildman–Crippen LogP) is 3.87. The fraction of sp³-hybridized carbons (Fsp3) is 0.379. The van der Waals surface area contributed by atoms with Crippen molar-refractivity contribution in [2.24, 2.45) is 5.92 Å². The van der Waals surface area contributed by atoms with Crippen LogP contribution in [0.4, 0.5) is 16.2 Å². The Bertz CT molecular complexity index is 1480. The summed E-state index contributed by atoms with van der Waals surface area (Å²) in [7, 11) is -0.666. The minimum absolute atomic E-state index is 0.0297. The second-order valence-corrected chi connectivity index (χ2v) is 13.5. The van der Waals surface area contributed by atoms with Gasteiger partial charge >= 0.3 is 6.03 Å². The average molecular weight is 617 g/mol. The van der Waals surface area contributed by atoms with Gasteiger partial charge in [-0.15, -0.1) is 11.3 Å². The molecule has 3 atom stereocenters. The van der Waals surface area contributed by atoms with Gasteiger partial charge in [-0.3, -0.25) is 4.79 Å². The Labute approximate surface area is 250 Å². The molecule has 42 heavy (non-hydrogen) atoms. The Balaban J connectivity index is 1.59. The number of rotatable bonds is 9. The van der Waals surface area contributed by atoms with Crippen LogP contribution in [0.1, 0.15) is 19.4 Å². The number of aliphatic hydroxyl groups excluding tert-OH is 1. The van der Waals surface area contributed by atoms with Crippen LogP contribution in [-0.2, 0) is 21.2 Å². The zero-order valence-corrected chi connectivity index (χ0v) is 25.6. The van der Waals surface area contributed by atoms with Crippen molar-refractivity contribution in [3.63, 3.8) is 0 Å². The number of methoxy groups -OCH3 is 1. The summed E-state index contributed by atoms with van der Waals surface area (Å²) in [6, 6.07) is 14.2. The highest BCUT2D eigenvalue weighted by Gasteiger charge is 2.33. The average Bonchev–Trinajstić information content (AvgIpc) is 3.53. The van der Waals surface area contributed by atoms with Crippen LogP contribution in [0.25, 0.3) is 0 Å². The topological polar surface area (TPSA) is 138 Å². The van der Waals surface area contributed by atoms with Gasteiger partial charge < -0.3 is 30.1 Å². The normalized spacial score (nSPS) is 18.2. The second kappa shape index (κ2) is 13.6. The van der Waals surface area contributed by atoms with E-state index in [1.165, 1.54) is 11.4 Å². The number of nitrogens with zero attached hydrogens (tertiary/aromatic N) is 2. The van der Waals surface area contributed by atoms with Crippen LogP contribution >= 0.6 is 11.3 Å². The third kappa shape index (κ3) is 7.40. The molecule has 3 N–H and O–H groups in total. The van der Waals surface area contributed by atoms with E-state index in [0.717, 1.165) is 11.3 Å². The predicted molar refractivity (Wildman–Crippen MR) is 162 cm³/mol. The molecule has 0 radical (unpaired) electrons. The molecule has 0 unspecified atom stereocenters. The van der Waals surface area contributed by atoms with Crippen LogP contribution in [0.5, 0.6) is 11.5 Å². The molecule has 226 valence electrons. The van der Waals surface area contributed by atoms with Gasteiger partial charge in [0.05, 0.1) is 32.7 Å². The van der Waals surface area contributed by atoms with Gasteiger partial charge in [0.25, 0.3) is 10.0 Å². The molecule has 0 bridgehead atoms. The lowest BCUT2D eigenvalue weighted by atomic mass is 10.0. The number of hydrogen-bond donors (Lipinski definition) is 3. The number of hydrogen-bond acceptors (Lipinski definition) is 8. The minimum atomic E-state index is -3.73. The van der Waals surface area contributed by atoms with E-state index in [0.29, 0.717) is 28.4 Å². The van der Waals surface area contributed by atoms with Crippen LogP contribution in [0.15, 0.2) is 64.2 Å². The zero-order chi connectivity index (χ0) is 30.4. The Morgan fingerprint density at radius 1 is 1.19 bits per heavy atom. The first-order valence-electron chi connectivity index (χ1n) is 13.4. The number of amides is 3. The van der Waals surface area contributed by atoms with E-state index in [-0.39, 0.29) is 42.2 Å². The standard InChI is InChI=1S/C29H36N4O7S2/c1-19-16-33(20(2)18-34)27(35)15-21-14-23(31-29(36)30-22-7-10-24(39-4)11-8-22)9-12-25(21)40-26(19)17-32(3)42(37,38)28-6-5-13-41-28/h5-14,19-20,26,34H,15-18H2,1-4H3,(H2,30,31,36)/t19-,20+,26+/m0/s1. The van der Waals surface area contributed by atoms with E-state index in [1.54, 1.807) is 78.9 Å². The highest BCUT2D eigenvalue weighted by atomic mass is 32.2. The van der Waals surface area contributed by atoms with Crippen LogP contribution in [0.3, 0.4) is 0 Å².